The van der Waals surface area contributed by atoms with E-state index in [1.807, 2.05) is 11.0 Å². The zero-order chi connectivity index (χ0) is 22.1. The fraction of sp³-hybridized carbons (Fsp3) is 0.667. The summed E-state index contributed by atoms with van der Waals surface area (Å²) in [4.78, 5) is 21.4. The van der Waals surface area contributed by atoms with Crippen LogP contribution in [0.25, 0.3) is 0 Å². The van der Waals surface area contributed by atoms with Crippen molar-refractivity contribution in [3.05, 3.63) is 29.8 Å². The first-order valence-corrected chi connectivity index (χ1v) is 11.7. The molecule has 2 aliphatic heterocycles. The second-order valence-corrected chi connectivity index (χ2v) is 8.75. The Hall–Kier alpha value is -2.28. The number of hydrogen-bond acceptors (Lipinski definition) is 4. The highest BCUT2D eigenvalue weighted by Gasteiger charge is 2.24. The molecule has 2 atom stereocenters. The van der Waals surface area contributed by atoms with Gasteiger partial charge < -0.3 is 20.3 Å². The van der Waals surface area contributed by atoms with Crippen LogP contribution in [0.1, 0.15) is 50.6 Å². The zero-order valence-corrected chi connectivity index (χ0v) is 19.4. The molecule has 0 aromatic heterocycles. The molecule has 0 bridgehead atoms. The van der Waals surface area contributed by atoms with Crippen molar-refractivity contribution >= 4 is 11.9 Å². The van der Waals surface area contributed by atoms with Crippen molar-refractivity contribution in [2.24, 2.45) is 10.9 Å². The second-order valence-electron chi connectivity index (χ2n) is 8.75. The summed E-state index contributed by atoms with van der Waals surface area (Å²) in [6, 6.07) is 8.59. The zero-order valence-electron chi connectivity index (χ0n) is 19.4. The standard InChI is InChI=1S/C24H39N5O2/c1-19-8-7-15-29(18-19)23(30)11-12-26-24(25-2)27-17-22(28-13-4-5-14-28)20-9-6-10-21(16-20)31-3/h6,9-10,16,19,22H,4-5,7-8,11-15,17-18H2,1-3H3,(H2,25,26,27). The fourth-order valence-electron chi connectivity index (χ4n) is 4.64. The predicted octanol–water partition coefficient (Wildman–Crippen LogP) is 2.65. The van der Waals surface area contributed by atoms with Crippen LogP contribution in [0.5, 0.6) is 5.75 Å². The van der Waals surface area contributed by atoms with Gasteiger partial charge in [0.25, 0.3) is 0 Å². The number of benzene rings is 1. The van der Waals surface area contributed by atoms with Gasteiger partial charge in [-0.1, -0.05) is 19.1 Å². The molecular weight excluding hydrogens is 390 g/mol. The van der Waals surface area contributed by atoms with Gasteiger partial charge >= 0.3 is 0 Å². The van der Waals surface area contributed by atoms with E-state index in [0.29, 0.717) is 18.9 Å². The third-order valence-corrected chi connectivity index (χ3v) is 6.39. The number of likely N-dealkylation sites (tertiary alicyclic amines) is 2. The normalized spacial score (nSPS) is 21.1. The van der Waals surface area contributed by atoms with Crippen molar-refractivity contribution in [3.63, 3.8) is 0 Å². The molecule has 1 aromatic carbocycles. The quantitative estimate of drug-likeness (QED) is 0.491. The minimum atomic E-state index is 0.237. The Labute approximate surface area is 187 Å². The number of guanidine groups is 1. The molecule has 1 aromatic rings. The monoisotopic (exact) mass is 429 g/mol. The summed E-state index contributed by atoms with van der Waals surface area (Å²) in [6.45, 7) is 7.58. The first-order chi connectivity index (χ1) is 15.1. The van der Waals surface area contributed by atoms with Gasteiger partial charge in [-0.2, -0.15) is 0 Å². The average molecular weight is 430 g/mol. The summed E-state index contributed by atoms with van der Waals surface area (Å²) in [6.07, 6.45) is 5.32. The van der Waals surface area contributed by atoms with Crippen LogP contribution in [0.3, 0.4) is 0 Å². The molecule has 2 fully saturated rings. The van der Waals surface area contributed by atoms with Gasteiger partial charge in [0.2, 0.25) is 5.91 Å². The van der Waals surface area contributed by atoms with E-state index < -0.39 is 0 Å². The van der Waals surface area contributed by atoms with Crippen molar-refractivity contribution in [1.82, 2.24) is 20.4 Å². The number of rotatable bonds is 8. The van der Waals surface area contributed by atoms with Crippen LogP contribution in [-0.2, 0) is 4.79 Å². The molecule has 0 spiro atoms. The Morgan fingerprint density at radius 2 is 2.03 bits per heavy atom. The average Bonchev–Trinajstić information content (AvgIpc) is 3.32. The molecule has 3 rings (SSSR count). The highest BCUT2D eigenvalue weighted by molar-refractivity contribution is 5.81. The maximum atomic E-state index is 12.5. The third-order valence-electron chi connectivity index (χ3n) is 6.39. The van der Waals surface area contributed by atoms with Gasteiger partial charge in [0.1, 0.15) is 5.75 Å². The lowest BCUT2D eigenvalue weighted by atomic mass is 10.00. The molecule has 31 heavy (non-hydrogen) atoms. The number of piperidine rings is 1. The summed E-state index contributed by atoms with van der Waals surface area (Å²) in [5.74, 6) is 2.47. The maximum Gasteiger partial charge on any atom is 0.224 e. The smallest absolute Gasteiger partial charge is 0.224 e. The van der Waals surface area contributed by atoms with Gasteiger partial charge in [-0.25, -0.2) is 0 Å². The Morgan fingerprint density at radius 3 is 2.74 bits per heavy atom. The summed E-state index contributed by atoms with van der Waals surface area (Å²) < 4.78 is 5.44. The van der Waals surface area contributed by atoms with Crippen LogP contribution in [0.2, 0.25) is 0 Å². The first-order valence-electron chi connectivity index (χ1n) is 11.7. The predicted molar refractivity (Wildman–Crippen MR) is 126 cm³/mol. The van der Waals surface area contributed by atoms with E-state index in [4.69, 9.17) is 4.74 Å². The molecule has 0 saturated carbocycles. The van der Waals surface area contributed by atoms with Crippen molar-refractivity contribution < 1.29 is 9.53 Å². The molecule has 2 saturated heterocycles. The molecule has 0 radical (unpaired) electrons. The molecule has 2 unspecified atom stereocenters. The number of amides is 1. The molecule has 7 heteroatoms. The Kier molecular flexibility index (Phi) is 9.00. The molecule has 172 valence electrons. The molecule has 7 nitrogen and oxygen atoms in total. The van der Waals surface area contributed by atoms with Gasteiger partial charge in [0.15, 0.2) is 5.96 Å². The van der Waals surface area contributed by atoms with Gasteiger partial charge in [-0.05, 0) is 62.4 Å². The Morgan fingerprint density at radius 1 is 1.23 bits per heavy atom. The molecule has 2 heterocycles. The van der Waals surface area contributed by atoms with E-state index in [9.17, 15) is 4.79 Å². The van der Waals surface area contributed by atoms with E-state index in [1.165, 1.54) is 24.8 Å². The van der Waals surface area contributed by atoms with Crippen molar-refractivity contribution in [2.45, 2.75) is 45.1 Å². The minimum absolute atomic E-state index is 0.237. The fourth-order valence-corrected chi connectivity index (χ4v) is 4.64. The first kappa shape index (κ1) is 23.4. The van der Waals surface area contributed by atoms with E-state index in [-0.39, 0.29) is 11.9 Å². The lowest BCUT2D eigenvalue weighted by Gasteiger charge is -2.31. The molecule has 0 aliphatic carbocycles. The number of carbonyl (C=O) groups excluding carboxylic acids is 1. The molecule has 2 N–H and O–H groups in total. The van der Waals surface area contributed by atoms with Gasteiger partial charge in [-0.15, -0.1) is 0 Å². The SMILES string of the molecule is CN=C(NCCC(=O)N1CCCC(C)C1)NCC(c1cccc(OC)c1)N1CCCC1. The van der Waals surface area contributed by atoms with Gasteiger partial charge in [0, 0.05) is 39.6 Å². The van der Waals surface area contributed by atoms with Crippen LogP contribution in [0.15, 0.2) is 29.3 Å². The summed E-state index contributed by atoms with van der Waals surface area (Å²) in [7, 11) is 3.49. The molecule has 1 amide bonds. The molecular formula is C24H39N5O2. The number of carbonyl (C=O) groups is 1. The largest absolute Gasteiger partial charge is 0.497 e. The topological polar surface area (TPSA) is 69.2 Å². The van der Waals surface area contributed by atoms with Crippen LogP contribution < -0.4 is 15.4 Å². The summed E-state index contributed by atoms with van der Waals surface area (Å²) in [5.41, 5.74) is 1.25. The Bertz CT molecular complexity index is 732. The highest BCUT2D eigenvalue weighted by atomic mass is 16.5. The van der Waals surface area contributed by atoms with Crippen LogP contribution >= 0.6 is 0 Å². The van der Waals surface area contributed by atoms with Crippen molar-refractivity contribution in [1.29, 1.82) is 0 Å². The molecule has 2 aliphatic rings. The number of ether oxygens (including phenoxy) is 1. The third kappa shape index (κ3) is 6.86. The lowest BCUT2D eigenvalue weighted by Crippen LogP contribution is -2.44. The number of methoxy groups -OCH3 is 1. The van der Waals surface area contributed by atoms with Gasteiger partial charge in [-0.3, -0.25) is 14.7 Å². The number of aliphatic imine (C=N–C) groups is 1. The Balaban J connectivity index is 1.51. The van der Waals surface area contributed by atoms with E-state index in [0.717, 1.165) is 50.9 Å². The van der Waals surface area contributed by atoms with Crippen LogP contribution in [-0.4, -0.2) is 75.1 Å². The van der Waals surface area contributed by atoms with E-state index in [2.05, 4.69) is 45.6 Å². The number of hydrogen-bond donors (Lipinski definition) is 2. The van der Waals surface area contributed by atoms with Gasteiger partial charge in [0.05, 0.1) is 13.2 Å². The van der Waals surface area contributed by atoms with Crippen LogP contribution in [0, 0.1) is 5.92 Å². The van der Waals surface area contributed by atoms with Crippen LogP contribution in [0.4, 0.5) is 0 Å². The maximum absolute atomic E-state index is 12.5. The summed E-state index contributed by atoms with van der Waals surface area (Å²) >= 11 is 0. The van der Waals surface area contributed by atoms with E-state index in [1.54, 1.807) is 14.2 Å². The second kappa shape index (κ2) is 11.9. The highest BCUT2D eigenvalue weighted by Crippen LogP contribution is 2.27. The number of nitrogens with zero attached hydrogens (tertiary/aromatic N) is 3. The van der Waals surface area contributed by atoms with E-state index >= 15 is 0 Å². The summed E-state index contributed by atoms with van der Waals surface area (Å²) in [5, 5.41) is 6.79. The number of nitrogens with one attached hydrogen (secondary N) is 2. The van der Waals surface area contributed by atoms with Crippen molar-refractivity contribution in [2.75, 3.05) is 53.4 Å². The minimum Gasteiger partial charge on any atom is -0.497 e. The lowest BCUT2D eigenvalue weighted by molar-refractivity contribution is -0.132. The van der Waals surface area contributed by atoms with Crippen molar-refractivity contribution in [3.8, 4) is 5.75 Å².